The van der Waals surface area contributed by atoms with Crippen LogP contribution < -0.4 is 16.8 Å². The van der Waals surface area contributed by atoms with Crippen molar-refractivity contribution in [3.63, 3.8) is 0 Å². The molecule has 6 N–H and O–H groups in total. The Kier molecular flexibility index (Phi) is 4.23. The topological polar surface area (TPSA) is 105 Å². The fourth-order valence-electron chi connectivity index (χ4n) is 0.442. The van der Waals surface area contributed by atoms with E-state index in [0.717, 1.165) is 0 Å². The predicted octanol–water partition coefficient (Wildman–Crippen LogP) is -1.61. The quantitative estimate of drug-likeness (QED) is 0.216. The van der Waals surface area contributed by atoms with Gasteiger partial charge in [0.05, 0.1) is 6.04 Å². The van der Waals surface area contributed by atoms with Gasteiger partial charge >= 0.3 is 0 Å². The molecule has 58 valence electrons. The molecule has 0 aromatic carbocycles. The van der Waals surface area contributed by atoms with Crippen molar-refractivity contribution in [2.75, 3.05) is 6.54 Å². The third kappa shape index (κ3) is 5.04. The maximum absolute atomic E-state index is 9.94. The highest BCUT2D eigenvalue weighted by molar-refractivity contribution is 5.74. The van der Waals surface area contributed by atoms with Crippen LogP contribution in [-0.4, -0.2) is 24.8 Å². The van der Waals surface area contributed by atoms with Gasteiger partial charge < -0.3 is 21.6 Å². The molecule has 0 aromatic heterocycles. The lowest BCUT2D eigenvalue weighted by Gasteiger charge is -2.04. The molecule has 5 nitrogen and oxygen atoms in total. The number of rotatable bonds is 4. The first-order chi connectivity index (χ1) is 4.66. The Morgan fingerprint density at radius 1 is 1.80 bits per heavy atom. The highest BCUT2D eigenvalue weighted by atomic mass is 16.1. The van der Waals surface area contributed by atoms with Crippen molar-refractivity contribution in [2.24, 2.45) is 11.5 Å². The molecule has 0 aromatic rings. The van der Waals surface area contributed by atoms with E-state index in [1.165, 1.54) is 0 Å². The van der Waals surface area contributed by atoms with Crippen molar-refractivity contribution >= 4 is 12.2 Å². The summed E-state index contributed by atoms with van der Waals surface area (Å²) in [6.45, 7) is 0.468. The van der Waals surface area contributed by atoms with Crippen LogP contribution in [0.1, 0.15) is 6.42 Å². The fraction of sp³-hybridized carbons (Fsp3) is 0.600. The second-order valence-electron chi connectivity index (χ2n) is 1.93. The van der Waals surface area contributed by atoms with Gasteiger partial charge in [0, 0.05) is 6.54 Å². The molecule has 0 bridgehead atoms. The molecular weight excluding hydrogens is 132 g/mol. The molecule has 10 heavy (non-hydrogen) atoms. The minimum atomic E-state index is -0.452. The van der Waals surface area contributed by atoms with Gasteiger partial charge in [-0.15, -0.1) is 0 Å². The van der Waals surface area contributed by atoms with E-state index in [-0.39, 0.29) is 5.96 Å². The number of guanidine groups is 1. The second-order valence-corrected chi connectivity index (χ2v) is 1.93. The Morgan fingerprint density at radius 3 is 2.80 bits per heavy atom. The number of carbonyl (C=O) groups excluding carboxylic acids is 1. The van der Waals surface area contributed by atoms with E-state index in [1.807, 2.05) is 0 Å². The normalized spacial score (nSPS) is 12.1. The molecule has 0 aliphatic carbocycles. The van der Waals surface area contributed by atoms with Crippen molar-refractivity contribution in [3.8, 4) is 0 Å². The second kappa shape index (κ2) is 4.75. The highest BCUT2D eigenvalue weighted by Crippen LogP contribution is 1.78. The molecule has 0 amide bonds. The van der Waals surface area contributed by atoms with Crippen LogP contribution in [0.25, 0.3) is 0 Å². The third-order valence-corrected chi connectivity index (χ3v) is 0.968. The number of nitrogens with two attached hydrogens (primary N) is 2. The Hall–Kier alpha value is -1.10. The van der Waals surface area contributed by atoms with Crippen molar-refractivity contribution in [3.05, 3.63) is 0 Å². The number of aldehydes is 1. The largest absolute Gasteiger partial charge is 0.370 e. The summed E-state index contributed by atoms with van der Waals surface area (Å²) in [7, 11) is 0. The molecule has 0 saturated carbocycles. The average molecular weight is 144 g/mol. The minimum absolute atomic E-state index is 0.0990. The van der Waals surface area contributed by atoms with E-state index in [0.29, 0.717) is 19.3 Å². The smallest absolute Gasteiger partial charge is 0.185 e. The van der Waals surface area contributed by atoms with Crippen molar-refractivity contribution in [1.29, 1.82) is 5.41 Å². The van der Waals surface area contributed by atoms with Gasteiger partial charge in [0.15, 0.2) is 5.96 Å². The van der Waals surface area contributed by atoms with Crippen molar-refractivity contribution in [1.82, 2.24) is 5.32 Å². The zero-order valence-electron chi connectivity index (χ0n) is 5.63. The van der Waals surface area contributed by atoms with Crippen molar-refractivity contribution < 1.29 is 4.79 Å². The lowest BCUT2D eigenvalue weighted by atomic mass is 10.2. The van der Waals surface area contributed by atoms with Gasteiger partial charge in [-0.25, -0.2) is 0 Å². The number of hydrogen-bond donors (Lipinski definition) is 4. The van der Waals surface area contributed by atoms with E-state index in [4.69, 9.17) is 16.9 Å². The lowest BCUT2D eigenvalue weighted by Crippen LogP contribution is -2.34. The molecule has 0 aliphatic heterocycles. The van der Waals surface area contributed by atoms with E-state index >= 15 is 0 Å². The van der Waals surface area contributed by atoms with Crippen LogP contribution in [0.3, 0.4) is 0 Å². The monoisotopic (exact) mass is 144 g/mol. The highest BCUT2D eigenvalue weighted by Gasteiger charge is 1.97. The number of carbonyl (C=O) groups is 1. The molecule has 1 atom stereocenters. The molecule has 0 spiro atoms. The molecule has 0 unspecified atom stereocenters. The van der Waals surface area contributed by atoms with Gasteiger partial charge in [0.1, 0.15) is 6.29 Å². The van der Waals surface area contributed by atoms with Crippen molar-refractivity contribution in [2.45, 2.75) is 12.5 Å². The SMILES string of the molecule is N=C(N)NCC[C@H](N)C=O. The molecule has 0 saturated heterocycles. The summed E-state index contributed by atoms with van der Waals surface area (Å²) >= 11 is 0. The summed E-state index contributed by atoms with van der Waals surface area (Å²) in [6.07, 6.45) is 1.17. The van der Waals surface area contributed by atoms with E-state index in [2.05, 4.69) is 5.32 Å². The molecule has 0 fully saturated rings. The first kappa shape index (κ1) is 8.90. The maximum Gasteiger partial charge on any atom is 0.185 e. The molecule has 0 heterocycles. The first-order valence-electron chi connectivity index (χ1n) is 2.95. The Balaban J connectivity index is 3.19. The van der Waals surface area contributed by atoms with Gasteiger partial charge in [-0.1, -0.05) is 0 Å². The molecule has 0 rings (SSSR count). The minimum Gasteiger partial charge on any atom is -0.370 e. The lowest BCUT2D eigenvalue weighted by molar-refractivity contribution is -0.109. The summed E-state index contributed by atoms with van der Waals surface area (Å²) in [5, 5.41) is 9.27. The van der Waals surface area contributed by atoms with Gasteiger partial charge in [-0.2, -0.15) is 0 Å². The van der Waals surface area contributed by atoms with Crippen LogP contribution in [0.4, 0.5) is 0 Å². The zero-order chi connectivity index (χ0) is 7.98. The van der Waals surface area contributed by atoms with Gasteiger partial charge in [-0.3, -0.25) is 5.41 Å². The summed E-state index contributed by atoms with van der Waals surface area (Å²) in [6, 6.07) is -0.452. The van der Waals surface area contributed by atoms with E-state index < -0.39 is 6.04 Å². The third-order valence-electron chi connectivity index (χ3n) is 0.968. The van der Waals surface area contributed by atoms with Gasteiger partial charge in [0.2, 0.25) is 0 Å². The van der Waals surface area contributed by atoms with Crippen LogP contribution in [0, 0.1) is 5.41 Å². The summed E-state index contributed by atoms with van der Waals surface area (Å²) in [4.78, 5) is 9.94. The molecular formula is C5H12N4O. The van der Waals surface area contributed by atoms with Gasteiger partial charge in [0.25, 0.3) is 0 Å². The maximum atomic E-state index is 9.94. The van der Waals surface area contributed by atoms with E-state index in [1.54, 1.807) is 0 Å². The average Bonchev–Trinajstić information content (AvgIpc) is 1.87. The summed E-state index contributed by atoms with van der Waals surface area (Å²) in [5.74, 6) is -0.0990. The molecule has 5 heteroatoms. The van der Waals surface area contributed by atoms with Crippen LogP contribution in [0.2, 0.25) is 0 Å². The van der Waals surface area contributed by atoms with Crippen LogP contribution >= 0.6 is 0 Å². The number of hydrogen-bond acceptors (Lipinski definition) is 3. The first-order valence-corrected chi connectivity index (χ1v) is 2.95. The standard InChI is InChI=1S/C5H12N4O/c6-4(3-10)1-2-9-5(7)8/h3-4H,1-2,6H2,(H4,7,8,9)/t4-/m0/s1. The van der Waals surface area contributed by atoms with Crippen LogP contribution in [-0.2, 0) is 4.79 Å². The van der Waals surface area contributed by atoms with E-state index in [9.17, 15) is 4.79 Å². The predicted molar refractivity (Wildman–Crippen MR) is 38.6 cm³/mol. The summed E-state index contributed by atoms with van der Waals surface area (Å²) < 4.78 is 0. The molecule has 0 radical (unpaired) electrons. The zero-order valence-corrected chi connectivity index (χ0v) is 5.63. The van der Waals surface area contributed by atoms with Crippen LogP contribution in [0.5, 0.6) is 0 Å². The van der Waals surface area contributed by atoms with Crippen LogP contribution in [0.15, 0.2) is 0 Å². The molecule has 0 aliphatic rings. The number of nitrogens with one attached hydrogen (secondary N) is 2. The Labute approximate surface area is 59.3 Å². The summed E-state index contributed by atoms with van der Waals surface area (Å²) in [5.41, 5.74) is 10.2. The van der Waals surface area contributed by atoms with Gasteiger partial charge in [-0.05, 0) is 6.42 Å². The Morgan fingerprint density at radius 2 is 2.40 bits per heavy atom. The fourth-order valence-corrected chi connectivity index (χ4v) is 0.442. The Bertz CT molecular complexity index is 125.